The van der Waals surface area contributed by atoms with E-state index in [2.05, 4.69) is 44.6 Å². The van der Waals surface area contributed by atoms with Crippen LogP contribution in [0.3, 0.4) is 0 Å². The SMILES string of the molecule is C=CCn1c(SCC(=O)Nc2ccc(Cl)cn2)nnc1-c1csc2ccccc12. The number of thiophene rings is 1. The molecule has 3 aromatic heterocycles. The van der Waals surface area contributed by atoms with Crippen LogP contribution in [0.1, 0.15) is 0 Å². The van der Waals surface area contributed by atoms with Gasteiger partial charge in [-0.2, -0.15) is 0 Å². The highest BCUT2D eigenvalue weighted by Gasteiger charge is 2.17. The molecule has 0 aliphatic rings. The molecule has 1 aromatic carbocycles. The molecule has 146 valence electrons. The Hall–Kier alpha value is -2.68. The summed E-state index contributed by atoms with van der Waals surface area (Å²) in [5.74, 6) is 1.23. The first-order valence-corrected chi connectivity index (χ1v) is 10.9. The molecule has 29 heavy (non-hydrogen) atoms. The normalized spacial score (nSPS) is 10.9. The molecule has 0 saturated heterocycles. The Labute approximate surface area is 180 Å². The van der Waals surface area contributed by atoms with E-state index in [1.165, 1.54) is 22.7 Å². The lowest BCUT2D eigenvalue weighted by Crippen LogP contribution is -2.15. The second-order valence-corrected chi connectivity index (χ2v) is 8.34. The van der Waals surface area contributed by atoms with Crippen molar-refractivity contribution in [2.24, 2.45) is 0 Å². The number of allylic oxidation sites excluding steroid dienone is 1. The molecule has 0 fully saturated rings. The highest BCUT2D eigenvalue weighted by Crippen LogP contribution is 2.34. The topological polar surface area (TPSA) is 72.7 Å². The molecule has 6 nitrogen and oxygen atoms in total. The summed E-state index contributed by atoms with van der Waals surface area (Å²) in [5.41, 5.74) is 1.03. The van der Waals surface area contributed by atoms with Crippen LogP contribution in [0, 0.1) is 0 Å². The van der Waals surface area contributed by atoms with Gasteiger partial charge in [0.05, 0.1) is 10.8 Å². The summed E-state index contributed by atoms with van der Waals surface area (Å²) in [6.07, 6.45) is 3.28. The number of nitrogens with one attached hydrogen (secondary N) is 1. The number of anilines is 1. The Bertz CT molecular complexity index is 1170. The Morgan fingerprint density at radius 2 is 2.14 bits per heavy atom. The predicted octanol–water partition coefficient (Wildman–Crippen LogP) is 5.13. The number of amides is 1. The molecule has 9 heteroatoms. The predicted molar refractivity (Wildman–Crippen MR) is 120 cm³/mol. The van der Waals surface area contributed by atoms with E-state index < -0.39 is 0 Å². The first kappa shape index (κ1) is 19.6. The minimum atomic E-state index is -0.180. The second kappa shape index (κ2) is 8.77. The fourth-order valence-corrected chi connectivity index (χ4v) is 4.60. The van der Waals surface area contributed by atoms with Gasteiger partial charge in [0.15, 0.2) is 11.0 Å². The number of pyridine rings is 1. The van der Waals surface area contributed by atoms with Crippen molar-refractivity contribution in [3.63, 3.8) is 0 Å². The average Bonchev–Trinajstić information content (AvgIpc) is 3.32. The van der Waals surface area contributed by atoms with Crippen LogP contribution in [0.25, 0.3) is 21.5 Å². The number of halogens is 1. The van der Waals surface area contributed by atoms with Gasteiger partial charge in [-0.1, -0.05) is 47.6 Å². The number of nitrogens with zero attached hydrogens (tertiary/aromatic N) is 4. The summed E-state index contributed by atoms with van der Waals surface area (Å²) in [6.45, 7) is 4.39. The lowest BCUT2D eigenvalue weighted by molar-refractivity contribution is -0.113. The first-order chi connectivity index (χ1) is 14.2. The Balaban J connectivity index is 1.53. The van der Waals surface area contributed by atoms with E-state index in [4.69, 9.17) is 11.6 Å². The lowest BCUT2D eigenvalue weighted by Gasteiger charge is -2.08. The Morgan fingerprint density at radius 3 is 2.93 bits per heavy atom. The van der Waals surface area contributed by atoms with Gasteiger partial charge < -0.3 is 5.32 Å². The maximum absolute atomic E-state index is 12.3. The highest BCUT2D eigenvalue weighted by molar-refractivity contribution is 7.99. The van der Waals surface area contributed by atoms with Crippen LogP contribution in [0.5, 0.6) is 0 Å². The third-order valence-corrected chi connectivity index (χ3v) is 6.23. The minimum absolute atomic E-state index is 0.180. The molecule has 0 radical (unpaired) electrons. The van der Waals surface area contributed by atoms with Gasteiger partial charge in [0, 0.05) is 33.8 Å². The van der Waals surface area contributed by atoms with Crippen molar-refractivity contribution in [2.45, 2.75) is 11.7 Å². The van der Waals surface area contributed by atoms with Gasteiger partial charge in [-0.15, -0.1) is 28.1 Å². The molecule has 1 amide bonds. The van der Waals surface area contributed by atoms with E-state index in [9.17, 15) is 4.79 Å². The van der Waals surface area contributed by atoms with Crippen LogP contribution in [0.4, 0.5) is 5.82 Å². The van der Waals surface area contributed by atoms with E-state index in [-0.39, 0.29) is 11.7 Å². The number of hydrogen-bond acceptors (Lipinski definition) is 6. The van der Waals surface area contributed by atoms with Crippen molar-refractivity contribution in [1.82, 2.24) is 19.7 Å². The molecule has 4 aromatic rings. The van der Waals surface area contributed by atoms with Gasteiger partial charge >= 0.3 is 0 Å². The summed E-state index contributed by atoms with van der Waals surface area (Å²) in [7, 11) is 0. The minimum Gasteiger partial charge on any atom is -0.310 e. The highest BCUT2D eigenvalue weighted by atomic mass is 35.5. The number of carbonyl (C=O) groups is 1. The third kappa shape index (κ3) is 4.34. The molecular weight excluding hydrogens is 426 g/mol. The molecule has 0 unspecified atom stereocenters. The molecule has 0 spiro atoms. The van der Waals surface area contributed by atoms with Gasteiger partial charge in [0.1, 0.15) is 5.82 Å². The fraction of sp³-hybridized carbons (Fsp3) is 0.100. The zero-order chi connectivity index (χ0) is 20.2. The summed E-state index contributed by atoms with van der Waals surface area (Å²) in [6, 6.07) is 11.5. The number of hydrogen-bond donors (Lipinski definition) is 1. The van der Waals surface area contributed by atoms with Crippen LogP contribution >= 0.6 is 34.7 Å². The maximum Gasteiger partial charge on any atom is 0.236 e. The maximum atomic E-state index is 12.3. The molecule has 0 bridgehead atoms. The summed E-state index contributed by atoms with van der Waals surface area (Å²) >= 11 is 8.80. The van der Waals surface area contributed by atoms with Gasteiger partial charge in [0.2, 0.25) is 5.91 Å². The van der Waals surface area contributed by atoms with Crippen molar-refractivity contribution in [2.75, 3.05) is 11.1 Å². The van der Waals surface area contributed by atoms with Gasteiger partial charge in [-0.05, 0) is 18.2 Å². The second-order valence-electron chi connectivity index (χ2n) is 6.05. The van der Waals surface area contributed by atoms with Crippen molar-refractivity contribution in [1.29, 1.82) is 0 Å². The van der Waals surface area contributed by atoms with Gasteiger partial charge in [-0.3, -0.25) is 9.36 Å². The van der Waals surface area contributed by atoms with Gasteiger partial charge in [-0.25, -0.2) is 4.98 Å². The quantitative estimate of drug-likeness (QED) is 0.318. The van der Waals surface area contributed by atoms with E-state index >= 15 is 0 Å². The number of benzene rings is 1. The van der Waals surface area contributed by atoms with Crippen LogP contribution < -0.4 is 5.32 Å². The molecule has 3 heterocycles. The van der Waals surface area contributed by atoms with E-state index in [1.807, 2.05) is 16.7 Å². The Kier molecular flexibility index (Phi) is 5.94. The molecule has 1 N–H and O–H groups in total. The number of thioether (sulfide) groups is 1. The van der Waals surface area contributed by atoms with Crippen molar-refractivity contribution < 1.29 is 4.79 Å². The summed E-state index contributed by atoms with van der Waals surface area (Å²) < 4.78 is 3.17. The van der Waals surface area contributed by atoms with Crippen molar-refractivity contribution in [3.05, 3.63) is 65.7 Å². The summed E-state index contributed by atoms with van der Waals surface area (Å²) in [4.78, 5) is 16.3. The monoisotopic (exact) mass is 441 g/mol. The number of carbonyl (C=O) groups excluding carboxylic acids is 1. The average molecular weight is 442 g/mol. The number of aromatic nitrogens is 4. The Morgan fingerprint density at radius 1 is 1.28 bits per heavy atom. The molecule has 0 aliphatic carbocycles. The molecule has 0 saturated carbocycles. The zero-order valence-electron chi connectivity index (χ0n) is 15.2. The first-order valence-electron chi connectivity index (χ1n) is 8.70. The van der Waals surface area contributed by atoms with Crippen LogP contribution in [0.15, 0.2) is 65.8 Å². The number of rotatable bonds is 7. The molecule has 4 rings (SSSR count). The fourth-order valence-electron chi connectivity index (χ4n) is 2.80. The van der Waals surface area contributed by atoms with E-state index in [0.29, 0.717) is 22.5 Å². The molecule has 0 atom stereocenters. The third-order valence-electron chi connectivity index (χ3n) is 4.08. The van der Waals surface area contributed by atoms with E-state index in [0.717, 1.165) is 16.8 Å². The lowest BCUT2D eigenvalue weighted by atomic mass is 10.1. The van der Waals surface area contributed by atoms with Crippen LogP contribution in [0.2, 0.25) is 5.02 Å². The van der Waals surface area contributed by atoms with Crippen molar-refractivity contribution >= 4 is 56.5 Å². The summed E-state index contributed by atoms with van der Waals surface area (Å²) in [5, 5.41) is 15.8. The smallest absolute Gasteiger partial charge is 0.236 e. The molecular formula is C20H16ClN5OS2. The van der Waals surface area contributed by atoms with E-state index in [1.54, 1.807) is 29.5 Å². The standard InChI is InChI=1S/C20H16ClN5OS2/c1-2-9-26-19(15-11-28-16-6-4-3-5-14(15)16)24-25-20(26)29-12-18(27)23-17-8-7-13(21)10-22-17/h2-8,10-11H,1,9,12H2,(H,22,23,27). The molecule has 0 aliphatic heterocycles. The van der Waals surface area contributed by atoms with Gasteiger partial charge in [0.25, 0.3) is 0 Å². The van der Waals surface area contributed by atoms with Crippen molar-refractivity contribution in [3.8, 4) is 11.4 Å². The number of fused-ring (bicyclic) bond motifs is 1. The largest absolute Gasteiger partial charge is 0.310 e. The van der Waals surface area contributed by atoms with Crippen LogP contribution in [-0.4, -0.2) is 31.4 Å². The zero-order valence-corrected chi connectivity index (χ0v) is 17.6. The van der Waals surface area contributed by atoms with Crippen LogP contribution in [-0.2, 0) is 11.3 Å².